The summed E-state index contributed by atoms with van der Waals surface area (Å²) in [4.78, 5) is 0. The van der Waals surface area contributed by atoms with Gasteiger partial charge in [-0.05, 0) is 12.0 Å². The van der Waals surface area contributed by atoms with E-state index in [2.05, 4.69) is 34.5 Å². The lowest BCUT2D eigenvalue weighted by atomic mass is 10.2. The molecule has 0 aliphatic rings. The molecule has 0 saturated carbocycles. The van der Waals surface area contributed by atoms with E-state index < -0.39 is 0 Å². The zero-order valence-corrected chi connectivity index (χ0v) is 7.46. The third-order valence-corrected chi connectivity index (χ3v) is 1.71. The van der Waals surface area contributed by atoms with Crippen molar-refractivity contribution >= 4 is 16.3 Å². The Morgan fingerprint density at radius 3 is 2.55 bits per heavy atom. The van der Waals surface area contributed by atoms with E-state index in [0.717, 1.165) is 12.5 Å². The molecule has 11 heavy (non-hydrogen) atoms. The first-order valence-electron chi connectivity index (χ1n) is 3.79. The maximum Gasteiger partial charge on any atom is 0.0225 e. The molecule has 0 fully saturated rings. The zero-order chi connectivity index (χ0) is 7.94. The second-order valence-electron chi connectivity index (χ2n) is 2.35. The van der Waals surface area contributed by atoms with Crippen molar-refractivity contribution in [1.29, 1.82) is 0 Å². The van der Waals surface area contributed by atoms with Crippen molar-refractivity contribution in [2.45, 2.75) is 12.5 Å². The molecular formula is C10H11Si. The molecule has 0 N–H and O–H groups in total. The van der Waals surface area contributed by atoms with E-state index in [9.17, 15) is 0 Å². The molecule has 55 valence electrons. The molecule has 0 aliphatic heterocycles. The van der Waals surface area contributed by atoms with Crippen LogP contribution in [0.2, 0.25) is 6.04 Å². The summed E-state index contributed by atoms with van der Waals surface area (Å²) in [6.45, 7) is 0. The van der Waals surface area contributed by atoms with Gasteiger partial charge in [0.2, 0.25) is 0 Å². The van der Waals surface area contributed by atoms with Crippen LogP contribution in [0.3, 0.4) is 0 Å². The van der Waals surface area contributed by atoms with Gasteiger partial charge in [0.15, 0.2) is 0 Å². The Balaban J connectivity index is 2.50. The number of hydrogen-bond donors (Lipinski definition) is 0. The second kappa shape index (κ2) is 4.91. The van der Waals surface area contributed by atoms with Crippen LogP contribution in [0.5, 0.6) is 0 Å². The summed E-state index contributed by atoms with van der Waals surface area (Å²) in [5.74, 6) is 0. The van der Waals surface area contributed by atoms with E-state index in [1.807, 2.05) is 18.2 Å². The maximum absolute atomic E-state index is 3.42. The average molecular weight is 159 g/mol. The molecule has 1 heteroatoms. The first-order valence-corrected chi connectivity index (χ1v) is 4.50. The van der Waals surface area contributed by atoms with Gasteiger partial charge in [0.1, 0.15) is 0 Å². The molecule has 1 aromatic carbocycles. The van der Waals surface area contributed by atoms with Crippen molar-refractivity contribution in [3.63, 3.8) is 0 Å². The van der Waals surface area contributed by atoms with Crippen molar-refractivity contribution in [2.24, 2.45) is 0 Å². The highest BCUT2D eigenvalue weighted by Crippen LogP contribution is 2.01. The molecule has 0 aliphatic carbocycles. The van der Waals surface area contributed by atoms with Crippen LogP contribution in [0.1, 0.15) is 12.0 Å². The molecule has 0 bridgehead atoms. The second-order valence-corrected chi connectivity index (χ2v) is 2.85. The highest BCUT2D eigenvalue weighted by Gasteiger charge is 1.80. The van der Waals surface area contributed by atoms with Gasteiger partial charge in [-0.15, -0.1) is 0 Å². The van der Waals surface area contributed by atoms with Crippen molar-refractivity contribution in [1.82, 2.24) is 0 Å². The summed E-state index contributed by atoms with van der Waals surface area (Å²) in [6, 6.07) is 11.4. The summed E-state index contributed by atoms with van der Waals surface area (Å²) < 4.78 is 0. The zero-order valence-electron chi connectivity index (χ0n) is 6.46. The van der Waals surface area contributed by atoms with Gasteiger partial charge >= 0.3 is 0 Å². The molecule has 0 spiro atoms. The molecule has 1 rings (SSSR count). The highest BCUT2D eigenvalue weighted by molar-refractivity contribution is 6.08. The summed E-state index contributed by atoms with van der Waals surface area (Å²) in [7, 11) is 3.42. The summed E-state index contributed by atoms with van der Waals surface area (Å²) in [5, 5.41) is 0. The van der Waals surface area contributed by atoms with Crippen LogP contribution in [0, 0.1) is 0 Å². The van der Waals surface area contributed by atoms with Gasteiger partial charge in [-0.25, -0.2) is 0 Å². The van der Waals surface area contributed by atoms with E-state index in [1.54, 1.807) is 0 Å². The number of allylic oxidation sites excluding steroid dienone is 1. The number of rotatable bonds is 3. The minimum atomic E-state index is 1.03. The Morgan fingerprint density at radius 1 is 1.18 bits per heavy atom. The molecule has 0 aromatic heterocycles. The maximum atomic E-state index is 3.42. The third kappa shape index (κ3) is 3.19. The number of hydrogen-bond acceptors (Lipinski definition) is 0. The monoisotopic (exact) mass is 159 g/mol. The van der Waals surface area contributed by atoms with Gasteiger partial charge < -0.3 is 0 Å². The van der Waals surface area contributed by atoms with Crippen LogP contribution in [0.15, 0.2) is 36.4 Å². The summed E-state index contributed by atoms with van der Waals surface area (Å²) in [6.07, 6.45) is 5.40. The van der Waals surface area contributed by atoms with Gasteiger partial charge in [0.25, 0.3) is 0 Å². The highest BCUT2D eigenvalue weighted by atomic mass is 28.1. The first kappa shape index (κ1) is 8.28. The summed E-state index contributed by atoms with van der Waals surface area (Å²) >= 11 is 0. The van der Waals surface area contributed by atoms with Crippen LogP contribution >= 0.6 is 0 Å². The van der Waals surface area contributed by atoms with E-state index in [-0.39, 0.29) is 0 Å². The Kier molecular flexibility index (Phi) is 3.69. The topological polar surface area (TPSA) is 0 Å². The molecule has 3 radical (unpaired) electrons. The SMILES string of the molecule is [Si]CCC=Cc1ccccc1. The standard InChI is InChI=1S/C10H11Si/c11-9-5-4-8-10-6-2-1-3-7-10/h1-4,6-8H,5,9H2. The third-order valence-electron chi connectivity index (χ3n) is 1.42. The molecule has 0 saturated heterocycles. The van der Waals surface area contributed by atoms with E-state index in [4.69, 9.17) is 0 Å². The lowest BCUT2D eigenvalue weighted by Gasteiger charge is -1.89. The molecule has 0 amide bonds. The predicted molar refractivity (Wildman–Crippen MR) is 50.7 cm³/mol. The van der Waals surface area contributed by atoms with Crippen LogP contribution in [-0.4, -0.2) is 10.2 Å². The first-order chi connectivity index (χ1) is 5.43. The van der Waals surface area contributed by atoms with Crippen molar-refractivity contribution in [2.75, 3.05) is 0 Å². The molecule has 1 aromatic rings. The van der Waals surface area contributed by atoms with Gasteiger partial charge in [0, 0.05) is 10.2 Å². The quantitative estimate of drug-likeness (QED) is 0.595. The van der Waals surface area contributed by atoms with Crippen molar-refractivity contribution < 1.29 is 0 Å². The molecule has 0 atom stereocenters. The Morgan fingerprint density at radius 2 is 1.91 bits per heavy atom. The van der Waals surface area contributed by atoms with Crippen LogP contribution in [0.4, 0.5) is 0 Å². The average Bonchev–Trinajstić information content (AvgIpc) is 2.07. The number of benzene rings is 1. The minimum Gasteiger partial charge on any atom is -0.0842 e. The van der Waals surface area contributed by atoms with E-state index in [0.29, 0.717) is 0 Å². The van der Waals surface area contributed by atoms with Crippen LogP contribution in [-0.2, 0) is 0 Å². The predicted octanol–water partition coefficient (Wildman–Crippen LogP) is 2.68. The van der Waals surface area contributed by atoms with E-state index >= 15 is 0 Å². The van der Waals surface area contributed by atoms with Crippen LogP contribution < -0.4 is 0 Å². The fourth-order valence-corrected chi connectivity index (χ4v) is 1.03. The minimum absolute atomic E-state index is 1.03. The lowest BCUT2D eigenvalue weighted by molar-refractivity contribution is 1.22. The van der Waals surface area contributed by atoms with Gasteiger partial charge in [-0.3, -0.25) is 0 Å². The molecular weight excluding hydrogens is 148 g/mol. The fraction of sp³-hybridized carbons (Fsp3) is 0.200. The molecule has 0 nitrogen and oxygen atoms in total. The van der Waals surface area contributed by atoms with Gasteiger partial charge in [-0.1, -0.05) is 48.5 Å². The van der Waals surface area contributed by atoms with E-state index in [1.165, 1.54) is 5.56 Å². The smallest absolute Gasteiger partial charge is 0.0225 e. The fourth-order valence-electron chi connectivity index (χ4n) is 0.867. The van der Waals surface area contributed by atoms with Crippen molar-refractivity contribution in [3.05, 3.63) is 42.0 Å². The molecule has 0 heterocycles. The summed E-state index contributed by atoms with van der Waals surface area (Å²) in [5.41, 5.74) is 1.27. The normalized spacial score (nSPS) is 10.6. The lowest BCUT2D eigenvalue weighted by Crippen LogP contribution is -1.69. The Hall–Kier alpha value is -0.823. The largest absolute Gasteiger partial charge is 0.0842 e. The van der Waals surface area contributed by atoms with Gasteiger partial charge in [0.05, 0.1) is 0 Å². The van der Waals surface area contributed by atoms with Gasteiger partial charge in [-0.2, -0.15) is 0 Å². The van der Waals surface area contributed by atoms with Crippen LogP contribution in [0.25, 0.3) is 6.08 Å². The Labute approximate surface area is 71.4 Å². The van der Waals surface area contributed by atoms with Crippen molar-refractivity contribution in [3.8, 4) is 0 Å². The Bertz CT molecular complexity index is 214. The molecule has 0 unspecified atom stereocenters.